The van der Waals surface area contributed by atoms with Gasteiger partial charge in [-0.05, 0) is 43.8 Å². The SMILES string of the molecule is CCOc1cc(CNC)ccc1OCc1ccc(Cl)s1. The Labute approximate surface area is 128 Å². The molecule has 2 rings (SSSR count). The number of hydrogen-bond donors (Lipinski definition) is 1. The summed E-state index contributed by atoms with van der Waals surface area (Å²) in [6.45, 7) is 3.89. The van der Waals surface area contributed by atoms with E-state index in [1.165, 1.54) is 16.9 Å². The number of nitrogens with one attached hydrogen (secondary N) is 1. The summed E-state index contributed by atoms with van der Waals surface area (Å²) in [4.78, 5) is 1.09. The second-order valence-electron chi connectivity index (χ2n) is 4.24. The first-order chi connectivity index (χ1) is 9.72. The van der Waals surface area contributed by atoms with Crippen molar-refractivity contribution in [3.8, 4) is 11.5 Å². The van der Waals surface area contributed by atoms with E-state index in [9.17, 15) is 0 Å². The van der Waals surface area contributed by atoms with Gasteiger partial charge in [-0.15, -0.1) is 11.3 Å². The normalized spacial score (nSPS) is 10.6. The van der Waals surface area contributed by atoms with Crippen molar-refractivity contribution in [1.29, 1.82) is 0 Å². The maximum atomic E-state index is 5.91. The number of halogens is 1. The van der Waals surface area contributed by atoms with Crippen molar-refractivity contribution in [2.45, 2.75) is 20.1 Å². The van der Waals surface area contributed by atoms with Crippen molar-refractivity contribution >= 4 is 22.9 Å². The summed E-state index contributed by atoms with van der Waals surface area (Å²) < 4.78 is 12.2. The van der Waals surface area contributed by atoms with Gasteiger partial charge in [0.15, 0.2) is 11.5 Å². The molecular formula is C15H18ClNO2S. The largest absolute Gasteiger partial charge is 0.490 e. The van der Waals surface area contributed by atoms with E-state index in [0.29, 0.717) is 13.2 Å². The third-order valence-corrected chi connectivity index (χ3v) is 3.89. The smallest absolute Gasteiger partial charge is 0.161 e. The highest BCUT2D eigenvalue weighted by Gasteiger charge is 2.07. The molecule has 108 valence electrons. The molecule has 0 aliphatic heterocycles. The summed E-state index contributed by atoms with van der Waals surface area (Å²) in [6, 6.07) is 9.85. The minimum Gasteiger partial charge on any atom is -0.490 e. The van der Waals surface area contributed by atoms with Crippen LogP contribution in [-0.4, -0.2) is 13.7 Å². The lowest BCUT2D eigenvalue weighted by Gasteiger charge is -2.13. The first-order valence-corrected chi connectivity index (χ1v) is 7.69. The highest BCUT2D eigenvalue weighted by atomic mass is 35.5. The third-order valence-electron chi connectivity index (χ3n) is 2.69. The van der Waals surface area contributed by atoms with Crippen molar-refractivity contribution in [1.82, 2.24) is 5.32 Å². The number of hydrogen-bond acceptors (Lipinski definition) is 4. The van der Waals surface area contributed by atoms with Crippen LogP contribution < -0.4 is 14.8 Å². The summed E-state index contributed by atoms with van der Waals surface area (Å²) in [6.07, 6.45) is 0. The molecule has 0 bridgehead atoms. The van der Waals surface area contributed by atoms with Crippen molar-refractivity contribution < 1.29 is 9.47 Å². The second kappa shape index (κ2) is 7.53. The van der Waals surface area contributed by atoms with E-state index in [0.717, 1.165) is 27.3 Å². The van der Waals surface area contributed by atoms with E-state index < -0.39 is 0 Å². The van der Waals surface area contributed by atoms with Crippen molar-refractivity contribution in [2.75, 3.05) is 13.7 Å². The molecular weight excluding hydrogens is 294 g/mol. The van der Waals surface area contributed by atoms with Crippen LogP contribution in [0.3, 0.4) is 0 Å². The Morgan fingerprint density at radius 1 is 1.15 bits per heavy atom. The molecule has 1 heterocycles. The molecule has 0 aliphatic rings. The van der Waals surface area contributed by atoms with Gasteiger partial charge < -0.3 is 14.8 Å². The molecule has 0 saturated carbocycles. The number of benzene rings is 1. The Bertz CT molecular complexity index is 557. The highest BCUT2D eigenvalue weighted by Crippen LogP contribution is 2.30. The van der Waals surface area contributed by atoms with Crippen LogP contribution in [-0.2, 0) is 13.2 Å². The van der Waals surface area contributed by atoms with Gasteiger partial charge in [-0.2, -0.15) is 0 Å². The van der Waals surface area contributed by atoms with Gasteiger partial charge >= 0.3 is 0 Å². The average molecular weight is 312 g/mol. The van der Waals surface area contributed by atoms with Gasteiger partial charge in [0.2, 0.25) is 0 Å². The Morgan fingerprint density at radius 3 is 2.65 bits per heavy atom. The zero-order valence-electron chi connectivity index (χ0n) is 11.6. The molecule has 5 heteroatoms. The van der Waals surface area contributed by atoms with Crippen LogP contribution in [0.1, 0.15) is 17.4 Å². The summed E-state index contributed by atoms with van der Waals surface area (Å²) >= 11 is 7.44. The van der Waals surface area contributed by atoms with Gasteiger partial charge in [0.1, 0.15) is 6.61 Å². The van der Waals surface area contributed by atoms with E-state index in [2.05, 4.69) is 5.32 Å². The zero-order valence-corrected chi connectivity index (χ0v) is 13.2. The van der Waals surface area contributed by atoms with Gasteiger partial charge in [-0.3, -0.25) is 0 Å². The molecule has 0 amide bonds. The van der Waals surface area contributed by atoms with Crippen LogP contribution in [0, 0.1) is 0 Å². The predicted octanol–water partition coefficient (Wildman–Crippen LogP) is 4.10. The van der Waals surface area contributed by atoms with E-state index in [4.69, 9.17) is 21.1 Å². The lowest BCUT2D eigenvalue weighted by molar-refractivity contribution is 0.271. The molecule has 0 spiro atoms. The molecule has 0 saturated heterocycles. The van der Waals surface area contributed by atoms with Gasteiger partial charge in [-0.1, -0.05) is 17.7 Å². The molecule has 1 N–H and O–H groups in total. The van der Waals surface area contributed by atoms with Gasteiger partial charge in [0.05, 0.1) is 10.9 Å². The van der Waals surface area contributed by atoms with Crippen molar-refractivity contribution in [3.05, 3.63) is 45.1 Å². The maximum absolute atomic E-state index is 5.91. The Balaban J connectivity index is 2.09. The number of rotatable bonds is 7. The van der Waals surface area contributed by atoms with E-state index in [1.807, 2.05) is 44.3 Å². The van der Waals surface area contributed by atoms with E-state index >= 15 is 0 Å². The van der Waals surface area contributed by atoms with E-state index in [1.54, 1.807) is 0 Å². The first-order valence-electron chi connectivity index (χ1n) is 6.50. The number of thiophene rings is 1. The van der Waals surface area contributed by atoms with Crippen molar-refractivity contribution in [2.24, 2.45) is 0 Å². The fourth-order valence-electron chi connectivity index (χ4n) is 1.83. The van der Waals surface area contributed by atoms with Crippen LogP contribution in [0.15, 0.2) is 30.3 Å². The standard InChI is InChI=1S/C15H18ClNO2S/c1-3-18-14-8-11(9-17-2)4-6-13(14)19-10-12-5-7-15(16)20-12/h4-8,17H,3,9-10H2,1-2H3. The molecule has 2 aromatic rings. The monoisotopic (exact) mass is 311 g/mol. The topological polar surface area (TPSA) is 30.5 Å². The molecule has 0 radical (unpaired) electrons. The summed E-state index contributed by atoms with van der Waals surface area (Å²) in [5.41, 5.74) is 1.17. The quantitative estimate of drug-likeness (QED) is 0.835. The molecule has 0 fully saturated rings. The summed E-state index contributed by atoms with van der Waals surface area (Å²) in [7, 11) is 1.92. The highest BCUT2D eigenvalue weighted by molar-refractivity contribution is 7.16. The predicted molar refractivity (Wildman–Crippen MR) is 84.0 cm³/mol. The average Bonchev–Trinajstić information content (AvgIpc) is 2.84. The minimum absolute atomic E-state index is 0.503. The van der Waals surface area contributed by atoms with Crippen LogP contribution in [0.25, 0.3) is 0 Å². The molecule has 1 aromatic heterocycles. The molecule has 3 nitrogen and oxygen atoms in total. The van der Waals surface area contributed by atoms with Crippen LogP contribution >= 0.6 is 22.9 Å². The van der Waals surface area contributed by atoms with Crippen molar-refractivity contribution in [3.63, 3.8) is 0 Å². The van der Waals surface area contributed by atoms with Gasteiger partial charge in [-0.25, -0.2) is 0 Å². The van der Waals surface area contributed by atoms with Crippen LogP contribution in [0.2, 0.25) is 4.34 Å². The minimum atomic E-state index is 0.503. The fourth-order valence-corrected chi connectivity index (χ4v) is 2.83. The number of ether oxygens (including phenoxy) is 2. The third kappa shape index (κ3) is 4.13. The molecule has 20 heavy (non-hydrogen) atoms. The lowest BCUT2D eigenvalue weighted by atomic mass is 10.2. The Hall–Kier alpha value is -1.23. The van der Waals surface area contributed by atoms with Gasteiger partial charge in [0.25, 0.3) is 0 Å². The lowest BCUT2D eigenvalue weighted by Crippen LogP contribution is -2.06. The van der Waals surface area contributed by atoms with Crippen LogP contribution in [0.5, 0.6) is 11.5 Å². The maximum Gasteiger partial charge on any atom is 0.161 e. The first kappa shape index (κ1) is 15.2. The van der Waals surface area contributed by atoms with Crippen LogP contribution in [0.4, 0.5) is 0 Å². The zero-order chi connectivity index (χ0) is 14.4. The molecule has 0 unspecified atom stereocenters. The second-order valence-corrected chi connectivity index (χ2v) is 6.04. The Kier molecular flexibility index (Phi) is 5.71. The summed E-state index contributed by atoms with van der Waals surface area (Å²) in [5.74, 6) is 1.54. The van der Waals surface area contributed by atoms with Gasteiger partial charge in [0, 0.05) is 11.4 Å². The van der Waals surface area contributed by atoms with E-state index in [-0.39, 0.29) is 0 Å². The molecule has 0 aliphatic carbocycles. The molecule has 1 aromatic carbocycles. The fraction of sp³-hybridized carbons (Fsp3) is 0.333. The molecule has 0 atom stereocenters. The summed E-state index contributed by atoms with van der Waals surface area (Å²) in [5, 5.41) is 3.12. The Morgan fingerprint density at radius 2 is 2.00 bits per heavy atom.